The second kappa shape index (κ2) is 10.4. The molecular weight excluding hydrogens is 418 g/mol. The molecule has 1 unspecified atom stereocenters. The summed E-state index contributed by atoms with van der Waals surface area (Å²) in [7, 11) is -2.38. The van der Waals surface area contributed by atoms with Crippen LogP contribution in [0.2, 0.25) is 0 Å². The number of ether oxygens (including phenoxy) is 1. The van der Waals surface area contributed by atoms with Gasteiger partial charge in [-0.1, -0.05) is 6.07 Å². The second-order valence-electron chi connectivity index (χ2n) is 7.18. The van der Waals surface area contributed by atoms with Gasteiger partial charge in [-0.2, -0.15) is 0 Å². The molecule has 168 valence electrons. The van der Waals surface area contributed by atoms with Crippen molar-refractivity contribution in [2.24, 2.45) is 16.5 Å². The minimum Gasteiger partial charge on any atom is -0.496 e. The fourth-order valence-electron chi connectivity index (χ4n) is 3.21. The van der Waals surface area contributed by atoms with Gasteiger partial charge in [-0.3, -0.25) is 14.8 Å². The zero-order valence-electron chi connectivity index (χ0n) is 18.2. The Bertz CT molecular complexity index is 1070. The molecule has 0 bridgehead atoms. The smallest absolute Gasteiger partial charge is 0.264 e. The van der Waals surface area contributed by atoms with Crippen molar-refractivity contribution >= 4 is 21.8 Å². The fraction of sp³-hybridized carbons (Fsp3) is 0.381. The van der Waals surface area contributed by atoms with Crippen LogP contribution in [0.1, 0.15) is 40.0 Å². The first-order chi connectivity index (χ1) is 14.6. The minimum absolute atomic E-state index is 0.145. The lowest BCUT2D eigenvalue weighted by Gasteiger charge is -2.17. The van der Waals surface area contributed by atoms with Crippen molar-refractivity contribution in [2.75, 3.05) is 13.7 Å². The van der Waals surface area contributed by atoms with Crippen molar-refractivity contribution in [3.8, 4) is 5.75 Å². The SMILES string of the molecule is COc1cc(C)c(S(=O)(=O)NC(N)=NCCCC(N)C(=O)c2ccccn2)c(C)c1C. The molecule has 0 saturated carbocycles. The van der Waals surface area contributed by atoms with E-state index in [9.17, 15) is 13.2 Å². The predicted octanol–water partition coefficient (Wildman–Crippen LogP) is 1.60. The number of benzene rings is 1. The number of nitrogens with zero attached hydrogens (tertiary/aromatic N) is 2. The third-order valence-electron chi connectivity index (χ3n) is 4.92. The van der Waals surface area contributed by atoms with Crippen LogP contribution < -0.4 is 20.9 Å². The van der Waals surface area contributed by atoms with E-state index in [1.54, 1.807) is 45.0 Å². The van der Waals surface area contributed by atoms with E-state index in [0.29, 0.717) is 35.4 Å². The van der Waals surface area contributed by atoms with Crippen LogP contribution in [-0.2, 0) is 10.0 Å². The molecule has 1 aromatic carbocycles. The van der Waals surface area contributed by atoms with Crippen molar-refractivity contribution in [3.63, 3.8) is 0 Å². The number of aliphatic imine (C=N–C) groups is 1. The zero-order valence-corrected chi connectivity index (χ0v) is 19.0. The van der Waals surface area contributed by atoms with Crippen molar-refractivity contribution in [1.29, 1.82) is 0 Å². The van der Waals surface area contributed by atoms with Gasteiger partial charge in [0.05, 0.1) is 18.0 Å². The van der Waals surface area contributed by atoms with Gasteiger partial charge in [-0.05, 0) is 68.5 Å². The van der Waals surface area contributed by atoms with Gasteiger partial charge in [0.1, 0.15) is 11.4 Å². The fourth-order valence-corrected chi connectivity index (χ4v) is 4.69. The number of rotatable bonds is 9. The summed E-state index contributed by atoms with van der Waals surface area (Å²) < 4.78 is 33.3. The summed E-state index contributed by atoms with van der Waals surface area (Å²) in [5.41, 5.74) is 13.9. The van der Waals surface area contributed by atoms with E-state index in [1.807, 2.05) is 0 Å². The summed E-state index contributed by atoms with van der Waals surface area (Å²) in [6.07, 6.45) is 2.36. The van der Waals surface area contributed by atoms with E-state index in [2.05, 4.69) is 14.7 Å². The molecular formula is C21H29N5O4S. The standard InChI is InChI=1S/C21H29N5O4S/c1-13-12-18(30-4)14(2)15(3)20(13)31(28,29)26-21(23)25-11-7-8-16(22)19(27)17-9-5-6-10-24-17/h5-6,9-10,12,16H,7-8,11,22H2,1-4H3,(H3,23,25,26). The molecule has 0 aliphatic heterocycles. The number of methoxy groups -OCH3 is 1. The molecule has 0 aliphatic rings. The molecule has 0 radical (unpaired) electrons. The molecule has 0 aliphatic carbocycles. The summed E-state index contributed by atoms with van der Waals surface area (Å²) in [6, 6.07) is 6.01. The Morgan fingerprint density at radius 1 is 1.26 bits per heavy atom. The van der Waals surface area contributed by atoms with Crippen LogP contribution in [0.25, 0.3) is 0 Å². The molecule has 1 aromatic heterocycles. The van der Waals surface area contributed by atoms with Crippen LogP contribution in [0.3, 0.4) is 0 Å². The molecule has 0 fully saturated rings. The highest BCUT2D eigenvalue weighted by molar-refractivity contribution is 7.90. The Balaban J connectivity index is 1.99. The highest BCUT2D eigenvalue weighted by Crippen LogP contribution is 2.30. The Labute approximate surface area is 183 Å². The van der Waals surface area contributed by atoms with Crippen LogP contribution in [0, 0.1) is 20.8 Å². The zero-order chi connectivity index (χ0) is 23.2. The van der Waals surface area contributed by atoms with Crippen LogP contribution in [0.4, 0.5) is 0 Å². The van der Waals surface area contributed by atoms with Crippen LogP contribution in [-0.4, -0.2) is 44.8 Å². The first-order valence-electron chi connectivity index (χ1n) is 9.76. The number of aromatic nitrogens is 1. The summed E-state index contributed by atoms with van der Waals surface area (Å²) in [6.45, 7) is 5.42. The van der Waals surface area contributed by atoms with Crippen LogP contribution in [0.5, 0.6) is 5.75 Å². The molecule has 31 heavy (non-hydrogen) atoms. The van der Waals surface area contributed by atoms with Crippen molar-refractivity contribution in [1.82, 2.24) is 9.71 Å². The van der Waals surface area contributed by atoms with Gasteiger partial charge in [0.15, 0.2) is 5.78 Å². The summed E-state index contributed by atoms with van der Waals surface area (Å²) in [5.74, 6) is 0.142. The van der Waals surface area contributed by atoms with E-state index in [0.717, 1.165) is 5.56 Å². The summed E-state index contributed by atoms with van der Waals surface area (Å²) in [5, 5.41) is 0. The van der Waals surface area contributed by atoms with Gasteiger partial charge in [0.2, 0.25) is 5.96 Å². The van der Waals surface area contributed by atoms with Gasteiger partial charge < -0.3 is 16.2 Å². The quantitative estimate of drug-likeness (QED) is 0.229. The summed E-state index contributed by atoms with van der Waals surface area (Å²) >= 11 is 0. The monoisotopic (exact) mass is 447 g/mol. The average molecular weight is 448 g/mol. The predicted molar refractivity (Wildman–Crippen MR) is 120 cm³/mol. The number of ketones is 1. The molecule has 0 saturated heterocycles. The lowest BCUT2D eigenvalue weighted by molar-refractivity contribution is 0.0951. The second-order valence-corrected chi connectivity index (χ2v) is 8.79. The number of nitrogens with one attached hydrogen (secondary N) is 1. The first kappa shape index (κ1) is 24.3. The van der Waals surface area contributed by atoms with E-state index >= 15 is 0 Å². The maximum atomic E-state index is 12.8. The Kier molecular flexibility index (Phi) is 8.12. The van der Waals surface area contributed by atoms with Gasteiger partial charge in [0.25, 0.3) is 10.0 Å². The van der Waals surface area contributed by atoms with Crippen molar-refractivity contribution in [3.05, 3.63) is 52.8 Å². The van der Waals surface area contributed by atoms with Crippen molar-refractivity contribution < 1.29 is 17.9 Å². The number of carbonyl (C=O) groups is 1. The average Bonchev–Trinajstić information content (AvgIpc) is 2.73. The minimum atomic E-state index is -3.92. The summed E-state index contributed by atoms with van der Waals surface area (Å²) in [4.78, 5) is 20.4. The lowest BCUT2D eigenvalue weighted by atomic mass is 10.1. The molecule has 1 atom stereocenters. The third kappa shape index (κ3) is 6.02. The number of nitrogens with two attached hydrogens (primary N) is 2. The number of carbonyl (C=O) groups excluding carboxylic acids is 1. The number of guanidine groups is 1. The first-order valence-corrected chi connectivity index (χ1v) is 11.2. The largest absolute Gasteiger partial charge is 0.496 e. The Hall–Kier alpha value is -2.98. The van der Waals surface area contributed by atoms with E-state index < -0.39 is 16.1 Å². The maximum Gasteiger partial charge on any atom is 0.264 e. The Morgan fingerprint density at radius 3 is 2.58 bits per heavy atom. The van der Waals surface area contributed by atoms with Gasteiger partial charge in [-0.25, -0.2) is 13.1 Å². The molecule has 0 amide bonds. The number of Topliss-reactive ketones (excluding diaryl/α,β-unsaturated/α-hetero) is 1. The van der Waals surface area contributed by atoms with Gasteiger partial charge in [0, 0.05) is 12.7 Å². The van der Waals surface area contributed by atoms with Gasteiger partial charge >= 0.3 is 0 Å². The van der Waals surface area contributed by atoms with E-state index in [1.165, 1.54) is 13.3 Å². The van der Waals surface area contributed by atoms with Gasteiger partial charge in [-0.15, -0.1) is 0 Å². The van der Waals surface area contributed by atoms with Crippen LogP contribution in [0.15, 0.2) is 40.4 Å². The maximum absolute atomic E-state index is 12.8. The highest BCUT2D eigenvalue weighted by Gasteiger charge is 2.23. The molecule has 5 N–H and O–H groups in total. The van der Waals surface area contributed by atoms with E-state index in [-0.39, 0.29) is 23.2 Å². The number of pyridine rings is 1. The third-order valence-corrected chi connectivity index (χ3v) is 6.56. The topological polar surface area (TPSA) is 150 Å². The highest BCUT2D eigenvalue weighted by atomic mass is 32.2. The molecule has 9 nitrogen and oxygen atoms in total. The number of hydrogen-bond donors (Lipinski definition) is 3. The van der Waals surface area contributed by atoms with Crippen molar-refractivity contribution in [2.45, 2.75) is 44.6 Å². The van der Waals surface area contributed by atoms with Crippen LogP contribution >= 0.6 is 0 Å². The molecule has 1 heterocycles. The lowest BCUT2D eigenvalue weighted by Crippen LogP contribution is -2.37. The molecule has 0 spiro atoms. The molecule has 10 heteroatoms. The number of sulfonamides is 1. The normalized spacial score (nSPS) is 13.0. The molecule has 2 aromatic rings. The Morgan fingerprint density at radius 2 is 1.97 bits per heavy atom. The number of aryl methyl sites for hydroxylation is 1. The molecule has 2 rings (SSSR count). The number of hydrogen-bond acceptors (Lipinski definition) is 7. The van der Waals surface area contributed by atoms with E-state index in [4.69, 9.17) is 16.2 Å².